The van der Waals surface area contributed by atoms with Crippen LogP contribution in [0.3, 0.4) is 0 Å². The van der Waals surface area contributed by atoms with E-state index >= 15 is 0 Å². The third kappa shape index (κ3) is 3.50. The van der Waals surface area contributed by atoms with Crippen LogP contribution in [0.1, 0.15) is 49.4 Å². The monoisotopic (exact) mass is 448 g/mol. The van der Waals surface area contributed by atoms with Crippen molar-refractivity contribution in [3.8, 4) is 22.5 Å². The number of hydrogen-bond acceptors (Lipinski definition) is 4. The van der Waals surface area contributed by atoms with E-state index in [1.807, 2.05) is 12.4 Å². The topological polar surface area (TPSA) is 81.4 Å². The highest BCUT2D eigenvalue weighted by Crippen LogP contribution is 2.31. The van der Waals surface area contributed by atoms with Crippen LogP contribution in [0.2, 0.25) is 0 Å². The maximum atomic E-state index is 4.64. The highest BCUT2D eigenvalue weighted by molar-refractivity contribution is 6.00. The summed E-state index contributed by atoms with van der Waals surface area (Å²) in [6.45, 7) is 2.15. The minimum atomic E-state index is 0.354. The van der Waals surface area contributed by atoms with Gasteiger partial charge < -0.3 is 20.6 Å². The van der Waals surface area contributed by atoms with Crippen LogP contribution < -0.4 is 10.6 Å². The molecule has 6 heteroatoms. The van der Waals surface area contributed by atoms with E-state index in [0.717, 1.165) is 49.0 Å². The molecular weight excluding hydrogens is 420 g/mol. The number of rotatable bonds is 4. The molecule has 2 aliphatic rings. The molecule has 2 saturated heterocycles. The standard InChI is InChI=1S/C28H28N6/c1-3-23(29-9-1)27-31-15-25(33-27)19-7-5-17-12-22-14-20(8-6-18(22)11-21(17)13-19)26-16-32-28(34-26)24-4-2-10-30-24/h5-8,11-16,23-24,29-30H,1-4,9-10H2,(H,31,33)(H,32,34). The Hall–Kier alpha value is -3.48. The molecule has 2 unspecified atom stereocenters. The van der Waals surface area contributed by atoms with Crippen molar-refractivity contribution >= 4 is 21.5 Å². The number of hydrogen-bond donors (Lipinski definition) is 4. The molecule has 2 fully saturated rings. The van der Waals surface area contributed by atoms with Crippen LogP contribution in [0, 0.1) is 0 Å². The lowest BCUT2D eigenvalue weighted by Gasteiger charge is -2.08. The minimum Gasteiger partial charge on any atom is -0.341 e. The number of nitrogens with one attached hydrogen (secondary N) is 4. The first-order valence-electron chi connectivity index (χ1n) is 12.4. The summed E-state index contributed by atoms with van der Waals surface area (Å²) in [5, 5.41) is 12.0. The average Bonchev–Trinajstić information content (AvgIpc) is 3.68. The fourth-order valence-corrected chi connectivity index (χ4v) is 5.49. The molecule has 2 aliphatic heterocycles. The summed E-state index contributed by atoms with van der Waals surface area (Å²) in [6, 6.07) is 18.6. The Bertz CT molecular complexity index is 1370. The van der Waals surface area contributed by atoms with Gasteiger partial charge in [-0.1, -0.05) is 24.3 Å². The van der Waals surface area contributed by atoms with Crippen molar-refractivity contribution < 1.29 is 0 Å². The number of fused-ring (bicyclic) bond motifs is 2. The Labute approximate surface area is 198 Å². The molecule has 2 aromatic heterocycles. The first-order valence-corrected chi connectivity index (χ1v) is 12.4. The average molecular weight is 449 g/mol. The van der Waals surface area contributed by atoms with Crippen molar-refractivity contribution in [2.24, 2.45) is 0 Å². The third-order valence-corrected chi connectivity index (χ3v) is 7.39. The van der Waals surface area contributed by atoms with Crippen molar-refractivity contribution in [2.45, 2.75) is 37.8 Å². The van der Waals surface area contributed by atoms with Crippen LogP contribution in [0.4, 0.5) is 0 Å². The van der Waals surface area contributed by atoms with Crippen molar-refractivity contribution in [3.05, 3.63) is 72.6 Å². The molecule has 0 radical (unpaired) electrons. The van der Waals surface area contributed by atoms with Crippen LogP contribution in [-0.4, -0.2) is 33.0 Å². The quantitative estimate of drug-likeness (QED) is 0.269. The molecule has 0 spiro atoms. The number of aromatic nitrogens is 4. The molecule has 3 aromatic carbocycles. The lowest BCUT2D eigenvalue weighted by Crippen LogP contribution is -2.14. The van der Waals surface area contributed by atoms with Gasteiger partial charge in [-0.25, -0.2) is 9.97 Å². The van der Waals surface area contributed by atoms with E-state index in [9.17, 15) is 0 Å². The molecule has 5 aromatic rings. The van der Waals surface area contributed by atoms with Gasteiger partial charge in [-0.05, 0) is 84.6 Å². The SMILES string of the molecule is c1cc2cc3cc(-c4cnc(C5CCCN5)[nH]4)ccc3cc2cc1-c1cnc(C2CCCN2)[nH]1. The number of aromatic amines is 2. The molecule has 4 heterocycles. The Morgan fingerprint density at radius 2 is 1.09 bits per heavy atom. The number of imidazole rings is 2. The zero-order chi connectivity index (χ0) is 22.5. The molecule has 34 heavy (non-hydrogen) atoms. The zero-order valence-electron chi connectivity index (χ0n) is 19.1. The summed E-state index contributed by atoms with van der Waals surface area (Å²) in [7, 11) is 0. The molecule has 0 bridgehead atoms. The molecule has 2 atom stereocenters. The molecule has 170 valence electrons. The fraction of sp³-hybridized carbons (Fsp3) is 0.286. The second-order valence-corrected chi connectivity index (χ2v) is 9.64. The second-order valence-electron chi connectivity index (χ2n) is 9.64. The maximum absolute atomic E-state index is 4.64. The number of benzene rings is 3. The Balaban J connectivity index is 1.21. The molecule has 7 rings (SSSR count). The Morgan fingerprint density at radius 1 is 0.588 bits per heavy atom. The van der Waals surface area contributed by atoms with Gasteiger partial charge in [0.25, 0.3) is 0 Å². The molecular formula is C28H28N6. The van der Waals surface area contributed by atoms with E-state index in [1.165, 1.54) is 45.5 Å². The molecule has 6 nitrogen and oxygen atoms in total. The first-order chi connectivity index (χ1) is 16.8. The lowest BCUT2D eigenvalue weighted by atomic mass is 9.99. The first kappa shape index (κ1) is 19.9. The van der Waals surface area contributed by atoms with Gasteiger partial charge in [0, 0.05) is 11.1 Å². The summed E-state index contributed by atoms with van der Waals surface area (Å²) in [5.41, 5.74) is 4.50. The molecule has 0 amide bonds. The van der Waals surface area contributed by atoms with Crippen LogP contribution in [0.25, 0.3) is 44.1 Å². The predicted molar refractivity (Wildman–Crippen MR) is 137 cm³/mol. The Kier molecular flexibility index (Phi) is 4.74. The van der Waals surface area contributed by atoms with Crippen LogP contribution >= 0.6 is 0 Å². The molecule has 4 N–H and O–H groups in total. The van der Waals surface area contributed by atoms with E-state index < -0.39 is 0 Å². The van der Waals surface area contributed by atoms with Gasteiger partial charge in [0.15, 0.2) is 0 Å². The van der Waals surface area contributed by atoms with Crippen molar-refractivity contribution in [2.75, 3.05) is 13.1 Å². The smallest absolute Gasteiger partial charge is 0.123 e. The van der Waals surface area contributed by atoms with Gasteiger partial charge in [0.1, 0.15) is 11.6 Å². The zero-order valence-corrected chi connectivity index (χ0v) is 19.1. The van der Waals surface area contributed by atoms with Gasteiger partial charge in [0.2, 0.25) is 0 Å². The van der Waals surface area contributed by atoms with E-state index in [2.05, 4.69) is 79.1 Å². The van der Waals surface area contributed by atoms with Gasteiger partial charge in [-0.15, -0.1) is 0 Å². The van der Waals surface area contributed by atoms with E-state index in [1.54, 1.807) is 0 Å². The Morgan fingerprint density at radius 3 is 1.53 bits per heavy atom. The van der Waals surface area contributed by atoms with E-state index in [0.29, 0.717) is 12.1 Å². The van der Waals surface area contributed by atoms with Gasteiger partial charge in [-0.3, -0.25) is 0 Å². The summed E-state index contributed by atoms with van der Waals surface area (Å²) < 4.78 is 0. The molecule has 0 aliphatic carbocycles. The van der Waals surface area contributed by atoms with Crippen molar-refractivity contribution in [3.63, 3.8) is 0 Å². The van der Waals surface area contributed by atoms with Crippen LogP contribution in [-0.2, 0) is 0 Å². The number of nitrogens with zero attached hydrogens (tertiary/aromatic N) is 2. The summed E-state index contributed by atoms with van der Waals surface area (Å²) in [4.78, 5) is 16.3. The third-order valence-electron chi connectivity index (χ3n) is 7.39. The maximum Gasteiger partial charge on any atom is 0.123 e. The fourth-order valence-electron chi connectivity index (χ4n) is 5.49. The lowest BCUT2D eigenvalue weighted by molar-refractivity contribution is 0.613. The summed E-state index contributed by atoms with van der Waals surface area (Å²) >= 11 is 0. The van der Waals surface area contributed by atoms with Gasteiger partial charge in [0.05, 0.1) is 35.9 Å². The van der Waals surface area contributed by atoms with Crippen LogP contribution in [0.15, 0.2) is 60.9 Å². The second kappa shape index (κ2) is 8.08. The highest BCUT2D eigenvalue weighted by Gasteiger charge is 2.20. The normalized spacial score (nSPS) is 20.6. The van der Waals surface area contributed by atoms with Crippen molar-refractivity contribution in [1.82, 2.24) is 30.6 Å². The van der Waals surface area contributed by atoms with Crippen molar-refractivity contribution in [1.29, 1.82) is 0 Å². The largest absolute Gasteiger partial charge is 0.341 e. The molecule has 0 saturated carbocycles. The summed E-state index contributed by atoms with van der Waals surface area (Å²) in [6.07, 6.45) is 8.65. The number of H-pyrrole nitrogens is 2. The summed E-state index contributed by atoms with van der Waals surface area (Å²) in [5.74, 6) is 2.09. The van der Waals surface area contributed by atoms with Gasteiger partial charge >= 0.3 is 0 Å². The predicted octanol–water partition coefficient (Wildman–Crippen LogP) is 5.62. The minimum absolute atomic E-state index is 0.354. The van der Waals surface area contributed by atoms with E-state index in [-0.39, 0.29) is 0 Å². The van der Waals surface area contributed by atoms with Gasteiger partial charge in [-0.2, -0.15) is 0 Å². The van der Waals surface area contributed by atoms with Crippen LogP contribution in [0.5, 0.6) is 0 Å². The van der Waals surface area contributed by atoms with E-state index in [4.69, 9.17) is 0 Å². The highest BCUT2D eigenvalue weighted by atomic mass is 15.0.